The molecule has 0 rings (SSSR count). The van der Waals surface area contributed by atoms with E-state index in [2.05, 4.69) is 5.32 Å². The highest BCUT2D eigenvalue weighted by atomic mass is 16.5. The molecule has 0 aliphatic rings. The summed E-state index contributed by atoms with van der Waals surface area (Å²) in [6.07, 6.45) is 0.876. The predicted molar refractivity (Wildman–Crippen MR) is 57.4 cm³/mol. The molecule has 0 bridgehead atoms. The van der Waals surface area contributed by atoms with Gasteiger partial charge in [-0.25, -0.2) is 4.79 Å². The Labute approximate surface area is 86.6 Å². The number of nitrogens with one attached hydrogen (secondary N) is 1. The highest BCUT2D eigenvalue weighted by molar-refractivity contribution is 5.73. The Morgan fingerprint density at radius 1 is 1.29 bits per heavy atom. The molecular formula is C10H22N2O2. The van der Waals surface area contributed by atoms with E-state index in [1.807, 2.05) is 20.8 Å². The third kappa shape index (κ3) is 5.80. The van der Waals surface area contributed by atoms with Crippen molar-refractivity contribution in [3.05, 3.63) is 0 Å². The number of carbonyl (C=O) groups is 1. The zero-order valence-corrected chi connectivity index (χ0v) is 9.51. The predicted octanol–water partition coefficient (Wildman–Crippen LogP) is 1.46. The van der Waals surface area contributed by atoms with Gasteiger partial charge in [0.2, 0.25) is 0 Å². The van der Waals surface area contributed by atoms with Crippen molar-refractivity contribution in [2.45, 2.75) is 27.2 Å². The fraction of sp³-hybridized carbons (Fsp3) is 0.900. The zero-order valence-electron chi connectivity index (χ0n) is 9.51. The Bertz CT molecular complexity index is 147. The number of carbonyl (C=O) groups excluding carboxylic acids is 1. The van der Waals surface area contributed by atoms with E-state index >= 15 is 0 Å². The van der Waals surface area contributed by atoms with Gasteiger partial charge in [0.15, 0.2) is 0 Å². The molecule has 0 aromatic heterocycles. The first-order valence-electron chi connectivity index (χ1n) is 5.36. The van der Waals surface area contributed by atoms with Crippen LogP contribution in [0.4, 0.5) is 4.79 Å². The van der Waals surface area contributed by atoms with Gasteiger partial charge in [-0.05, 0) is 27.2 Å². The largest absolute Gasteiger partial charge is 0.382 e. The Balaban J connectivity index is 3.43. The third-order valence-corrected chi connectivity index (χ3v) is 2.00. The van der Waals surface area contributed by atoms with Gasteiger partial charge >= 0.3 is 6.03 Å². The maximum Gasteiger partial charge on any atom is 0.317 e. The lowest BCUT2D eigenvalue weighted by atomic mass is 10.4. The number of ether oxygens (including phenoxy) is 1. The van der Waals surface area contributed by atoms with Crippen LogP contribution in [0.2, 0.25) is 0 Å². The molecule has 1 N–H and O–H groups in total. The summed E-state index contributed by atoms with van der Waals surface area (Å²) in [6, 6.07) is 0.0199. The molecule has 0 fully saturated rings. The quantitative estimate of drug-likeness (QED) is 0.635. The zero-order chi connectivity index (χ0) is 10.8. The monoisotopic (exact) mass is 202 g/mol. The average molecular weight is 202 g/mol. The Morgan fingerprint density at radius 2 is 1.93 bits per heavy atom. The normalized spacial score (nSPS) is 9.93. The van der Waals surface area contributed by atoms with Crippen molar-refractivity contribution in [3.63, 3.8) is 0 Å². The first-order chi connectivity index (χ1) is 6.76. The average Bonchev–Trinajstić information content (AvgIpc) is 2.19. The SMILES string of the molecule is CCOCCCNC(=O)N(CC)CC. The molecule has 0 aromatic rings. The molecule has 4 heteroatoms. The Hall–Kier alpha value is -0.770. The van der Waals surface area contributed by atoms with Crippen LogP contribution < -0.4 is 5.32 Å². The molecule has 2 amide bonds. The van der Waals surface area contributed by atoms with Gasteiger partial charge in [-0.3, -0.25) is 0 Å². The fourth-order valence-corrected chi connectivity index (χ4v) is 1.14. The van der Waals surface area contributed by atoms with E-state index in [0.29, 0.717) is 6.54 Å². The van der Waals surface area contributed by atoms with Crippen LogP contribution >= 0.6 is 0 Å². The summed E-state index contributed by atoms with van der Waals surface area (Å²) in [4.78, 5) is 13.2. The molecule has 14 heavy (non-hydrogen) atoms. The van der Waals surface area contributed by atoms with Crippen molar-refractivity contribution in [3.8, 4) is 0 Å². The first-order valence-corrected chi connectivity index (χ1v) is 5.36. The second-order valence-electron chi connectivity index (χ2n) is 2.95. The number of urea groups is 1. The van der Waals surface area contributed by atoms with Gasteiger partial charge in [0, 0.05) is 32.8 Å². The van der Waals surface area contributed by atoms with Crippen LogP contribution in [0.25, 0.3) is 0 Å². The molecule has 0 saturated heterocycles. The van der Waals surface area contributed by atoms with Crippen molar-refractivity contribution in [1.82, 2.24) is 10.2 Å². The number of amides is 2. The van der Waals surface area contributed by atoms with Crippen LogP contribution in [0.3, 0.4) is 0 Å². The second kappa shape index (κ2) is 8.81. The molecule has 0 atom stereocenters. The highest BCUT2D eigenvalue weighted by Crippen LogP contribution is 1.88. The maximum atomic E-state index is 11.4. The first kappa shape index (κ1) is 13.2. The number of nitrogens with zero attached hydrogens (tertiary/aromatic N) is 1. The molecule has 0 radical (unpaired) electrons. The van der Waals surface area contributed by atoms with Crippen molar-refractivity contribution in [2.24, 2.45) is 0 Å². The Kier molecular flexibility index (Phi) is 8.33. The Morgan fingerprint density at radius 3 is 2.43 bits per heavy atom. The molecule has 0 aliphatic carbocycles. The van der Waals surface area contributed by atoms with Gasteiger partial charge in [-0.2, -0.15) is 0 Å². The molecule has 0 unspecified atom stereocenters. The lowest BCUT2D eigenvalue weighted by Gasteiger charge is -2.19. The summed E-state index contributed by atoms with van der Waals surface area (Å²) in [5.41, 5.74) is 0. The summed E-state index contributed by atoms with van der Waals surface area (Å²) < 4.78 is 5.16. The van der Waals surface area contributed by atoms with E-state index in [0.717, 1.165) is 32.7 Å². The van der Waals surface area contributed by atoms with Crippen LogP contribution in [0.15, 0.2) is 0 Å². The lowest BCUT2D eigenvalue weighted by Crippen LogP contribution is -2.40. The maximum absolute atomic E-state index is 11.4. The van der Waals surface area contributed by atoms with Gasteiger partial charge in [-0.15, -0.1) is 0 Å². The molecule has 4 nitrogen and oxygen atoms in total. The minimum absolute atomic E-state index is 0.0199. The third-order valence-electron chi connectivity index (χ3n) is 2.00. The van der Waals surface area contributed by atoms with Crippen molar-refractivity contribution >= 4 is 6.03 Å². The number of hydrogen-bond acceptors (Lipinski definition) is 2. The van der Waals surface area contributed by atoms with Crippen LogP contribution in [-0.2, 0) is 4.74 Å². The van der Waals surface area contributed by atoms with E-state index < -0.39 is 0 Å². The minimum Gasteiger partial charge on any atom is -0.382 e. The molecule has 0 spiro atoms. The number of hydrogen-bond donors (Lipinski definition) is 1. The van der Waals surface area contributed by atoms with Crippen molar-refractivity contribution < 1.29 is 9.53 Å². The summed E-state index contributed by atoms with van der Waals surface area (Å²) in [5.74, 6) is 0. The lowest BCUT2D eigenvalue weighted by molar-refractivity contribution is 0.144. The molecule has 0 heterocycles. The van der Waals surface area contributed by atoms with Crippen LogP contribution in [0, 0.1) is 0 Å². The fourth-order valence-electron chi connectivity index (χ4n) is 1.14. The summed E-state index contributed by atoms with van der Waals surface area (Å²) >= 11 is 0. The van der Waals surface area contributed by atoms with Gasteiger partial charge < -0.3 is 15.0 Å². The topological polar surface area (TPSA) is 41.6 Å². The second-order valence-corrected chi connectivity index (χ2v) is 2.95. The van der Waals surface area contributed by atoms with E-state index in [-0.39, 0.29) is 6.03 Å². The van der Waals surface area contributed by atoms with E-state index in [9.17, 15) is 4.79 Å². The van der Waals surface area contributed by atoms with Gasteiger partial charge in [-0.1, -0.05) is 0 Å². The summed E-state index contributed by atoms with van der Waals surface area (Å²) in [7, 11) is 0. The van der Waals surface area contributed by atoms with Gasteiger partial charge in [0.05, 0.1) is 0 Å². The van der Waals surface area contributed by atoms with Gasteiger partial charge in [0.25, 0.3) is 0 Å². The van der Waals surface area contributed by atoms with Crippen LogP contribution in [-0.4, -0.2) is 43.8 Å². The van der Waals surface area contributed by atoms with Crippen LogP contribution in [0.5, 0.6) is 0 Å². The van der Waals surface area contributed by atoms with Crippen molar-refractivity contribution in [1.29, 1.82) is 0 Å². The van der Waals surface area contributed by atoms with Crippen molar-refractivity contribution in [2.75, 3.05) is 32.8 Å². The van der Waals surface area contributed by atoms with Gasteiger partial charge in [0.1, 0.15) is 0 Å². The standard InChI is InChI=1S/C10H22N2O2/c1-4-12(5-2)10(13)11-8-7-9-14-6-3/h4-9H2,1-3H3,(H,11,13). The molecule has 84 valence electrons. The van der Waals surface area contributed by atoms with Crippen LogP contribution in [0.1, 0.15) is 27.2 Å². The van der Waals surface area contributed by atoms with E-state index in [1.165, 1.54) is 0 Å². The number of rotatable bonds is 7. The highest BCUT2D eigenvalue weighted by Gasteiger charge is 2.06. The molecule has 0 aliphatic heterocycles. The molecule has 0 saturated carbocycles. The van der Waals surface area contributed by atoms with E-state index in [1.54, 1.807) is 4.90 Å². The summed E-state index contributed by atoms with van der Waals surface area (Å²) in [5, 5.41) is 2.85. The molecular weight excluding hydrogens is 180 g/mol. The van der Waals surface area contributed by atoms with E-state index in [4.69, 9.17) is 4.74 Å². The summed E-state index contributed by atoms with van der Waals surface area (Å²) in [6.45, 7) is 9.58. The molecule has 0 aromatic carbocycles. The minimum atomic E-state index is 0.0199. The smallest absolute Gasteiger partial charge is 0.317 e.